The van der Waals surface area contributed by atoms with Gasteiger partial charge in [0.1, 0.15) is 5.69 Å². The number of esters is 1. The van der Waals surface area contributed by atoms with Crippen LogP contribution in [0.15, 0.2) is 29.2 Å². The summed E-state index contributed by atoms with van der Waals surface area (Å²) in [5.74, 6) is -1.32. The SMILES string of the molecule is COC(=O)c1c(C)[nH]c(C(=O)NNC(=O)CSc2ccc(Cl)cc2)c1C. The molecule has 26 heavy (non-hydrogen) atoms. The van der Waals surface area contributed by atoms with Crippen LogP contribution < -0.4 is 10.9 Å². The normalized spacial score (nSPS) is 10.3. The monoisotopic (exact) mass is 395 g/mol. The number of nitrogens with one attached hydrogen (secondary N) is 3. The van der Waals surface area contributed by atoms with E-state index in [4.69, 9.17) is 16.3 Å². The standard InChI is InChI=1S/C17H18ClN3O4S/c1-9-14(17(24)25-3)10(2)19-15(9)16(23)21-20-13(22)8-26-12-6-4-11(18)5-7-12/h4-7,19H,8H2,1-3H3,(H,20,22)(H,21,23). The van der Waals surface area contributed by atoms with E-state index in [2.05, 4.69) is 15.8 Å². The highest BCUT2D eigenvalue weighted by atomic mass is 35.5. The van der Waals surface area contributed by atoms with Gasteiger partial charge < -0.3 is 9.72 Å². The van der Waals surface area contributed by atoms with Gasteiger partial charge in [-0.1, -0.05) is 11.6 Å². The Bertz CT molecular complexity index is 833. The number of ether oxygens (including phenoxy) is 1. The number of halogens is 1. The molecule has 0 radical (unpaired) electrons. The second-order valence-electron chi connectivity index (χ2n) is 5.36. The number of carbonyl (C=O) groups excluding carboxylic acids is 3. The molecule has 2 rings (SSSR count). The lowest BCUT2D eigenvalue weighted by atomic mass is 10.1. The smallest absolute Gasteiger partial charge is 0.339 e. The number of carbonyl (C=O) groups is 3. The molecule has 0 fully saturated rings. The number of hydrogen-bond donors (Lipinski definition) is 3. The van der Waals surface area contributed by atoms with E-state index in [0.717, 1.165) is 4.90 Å². The second kappa shape index (κ2) is 8.77. The molecule has 9 heteroatoms. The van der Waals surface area contributed by atoms with Crippen molar-refractivity contribution >= 4 is 41.1 Å². The van der Waals surface area contributed by atoms with Crippen LogP contribution in [0.2, 0.25) is 5.02 Å². The van der Waals surface area contributed by atoms with E-state index in [1.54, 1.807) is 38.1 Å². The Morgan fingerprint density at radius 3 is 2.42 bits per heavy atom. The maximum absolute atomic E-state index is 12.2. The lowest BCUT2D eigenvalue weighted by Gasteiger charge is -2.07. The van der Waals surface area contributed by atoms with Gasteiger partial charge in [-0.25, -0.2) is 4.79 Å². The van der Waals surface area contributed by atoms with E-state index >= 15 is 0 Å². The summed E-state index contributed by atoms with van der Waals surface area (Å²) in [6, 6.07) is 7.08. The van der Waals surface area contributed by atoms with Crippen LogP contribution in [0, 0.1) is 13.8 Å². The first-order chi connectivity index (χ1) is 12.3. The van der Waals surface area contributed by atoms with E-state index < -0.39 is 11.9 Å². The van der Waals surface area contributed by atoms with Gasteiger partial charge in [-0.3, -0.25) is 20.4 Å². The fraction of sp³-hybridized carbons (Fsp3) is 0.235. The molecule has 138 valence electrons. The van der Waals surface area contributed by atoms with Gasteiger partial charge in [0, 0.05) is 15.6 Å². The zero-order valence-electron chi connectivity index (χ0n) is 14.4. The molecule has 0 aliphatic carbocycles. The van der Waals surface area contributed by atoms with Crippen LogP contribution in [-0.2, 0) is 9.53 Å². The van der Waals surface area contributed by atoms with Crippen LogP contribution in [0.25, 0.3) is 0 Å². The Labute approximate surface area is 159 Å². The Morgan fingerprint density at radius 1 is 1.15 bits per heavy atom. The van der Waals surface area contributed by atoms with Crippen LogP contribution in [0.4, 0.5) is 0 Å². The average Bonchev–Trinajstić information content (AvgIpc) is 2.93. The first-order valence-electron chi connectivity index (χ1n) is 7.58. The Kier molecular flexibility index (Phi) is 6.70. The molecule has 0 bridgehead atoms. The maximum atomic E-state index is 12.2. The minimum atomic E-state index is -0.550. The molecule has 0 saturated heterocycles. The van der Waals surface area contributed by atoms with Crippen molar-refractivity contribution < 1.29 is 19.1 Å². The topological polar surface area (TPSA) is 100 Å². The summed E-state index contributed by atoms with van der Waals surface area (Å²) in [6.07, 6.45) is 0. The summed E-state index contributed by atoms with van der Waals surface area (Å²) in [4.78, 5) is 39.6. The van der Waals surface area contributed by atoms with Gasteiger partial charge in [-0.2, -0.15) is 0 Å². The largest absolute Gasteiger partial charge is 0.465 e. The van der Waals surface area contributed by atoms with Crippen molar-refractivity contribution in [1.29, 1.82) is 0 Å². The van der Waals surface area contributed by atoms with Gasteiger partial charge in [0.2, 0.25) is 5.91 Å². The number of methoxy groups -OCH3 is 1. The molecule has 1 aromatic carbocycles. The molecule has 1 heterocycles. The van der Waals surface area contributed by atoms with Gasteiger partial charge in [0.25, 0.3) is 5.91 Å². The quantitative estimate of drug-likeness (QED) is 0.410. The van der Waals surface area contributed by atoms with Gasteiger partial charge in [0.15, 0.2) is 0 Å². The Hall–Kier alpha value is -2.45. The summed E-state index contributed by atoms with van der Waals surface area (Å²) in [6.45, 7) is 3.29. The lowest BCUT2D eigenvalue weighted by Crippen LogP contribution is -2.42. The molecule has 0 unspecified atom stereocenters. The highest BCUT2D eigenvalue weighted by molar-refractivity contribution is 8.00. The van der Waals surface area contributed by atoms with E-state index in [1.807, 2.05) is 0 Å². The van der Waals surface area contributed by atoms with Crippen LogP contribution in [-0.4, -0.2) is 35.6 Å². The lowest BCUT2D eigenvalue weighted by molar-refractivity contribution is -0.119. The summed E-state index contributed by atoms with van der Waals surface area (Å²) in [5.41, 5.74) is 6.14. The third-order valence-electron chi connectivity index (χ3n) is 3.55. The van der Waals surface area contributed by atoms with Crippen molar-refractivity contribution in [2.45, 2.75) is 18.7 Å². The van der Waals surface area contributed by atoms with Crippen molar-refractivity contribution in [3.63, 3.8) is 0 Å². The molecule has 0 aliphatic rings. The van der Waals surface area contributed by atoms with Crippen LogP contribution in [0.5, 0.6) is 0 Å². The summed E-state index contributed by atoms with van der Waals surface area (Å²) in [7, 11) is 1.27. The predicted octanol–water partition coefficient (Wildman–Crippen LogP) is 2.62. The third-order valence-corrected chi connectivity index (χ3v) is 4.82. The van der Waals surface area contributed by atoms with Crippen LogP contribution >= 0.6 is 23.4 Å². The highest BCUT2D eigenvalue weighted by Crippen LogP contribution is 2.20. The fourth-order valence-corrected chi connectivity index (χ4v) is 3.11. The number of aromatic amines is 1. The molecule has 3 N–H and O–H groups in total. The number of benzene rings is 1. The van der Waals surface area contributed by atoms with Crippen molar-refractivity contribution in [3.8, 4) is 0 Å². The molecule has 1 aromatic heterocycles. The molecule has 2 amide bonds. The molecule has 7 nitrogen and oxygen atoms in total. The summed E-state index contributed by atoms with van der Waals surface area (Å²) >= 11 is 7.11. The number of H-pyrrole nitrogens is 1. The highest BCUT2D eigenvalue weighted by Gasteiger charge is 2.22. The van der Waals surface area contributed by atoms with Gasteiger partial charge in [0.05, 0.1) is 18.4 Å². The summed E-state index contributed by atoms with van der Waals surface area (Å²) in [5, 5.41) is 0.619. The number of aryl methyl sites for hydroxylation is 1. The first kappa shape index (κ1) is 19.9. The Morgan fingerprint density at radius 2 is 1.81 bits per heavy atom. The van der Waals surface area contributed by atoms with E-state index in [9.17, 15) is 14.4 Å². The zero-order valence-corrected chi connectivity index (χ0v) is 16.0. The van der Waals surface area contributed by atoms with Gasteiger partial charge >= 0.3 is 5.97 Å². The van der Waals surface area contributed by atoms with E-state index in [0.29, 0.717) is 21.8 Å². The zero-order chi connectivity index (χ0) is 19.3. The first-order valence-corrected chi connectivity index (χ1v) is 8.95. The molecule has 0 atom stereocenters. The van der Waals surface area contributed by atoms with E-state index in [1.165, 1.54) is 18.9 Å². The fourth-order valence-electron chi connectivity index (χ4n) is 2.29. The number of amides is 2. The van der Waals surface area contributed by atoms with Crippen molar-refractivity contribution in [1.82, 2.24) is 15.8 Å². The van der Waals surface area contributed by atoms with Crippen molar-refractivity contribution in [3.05, 3.63) is 51.8 Å². The number of hydrazine groups is 1. The second-order valence-corrected chi connectivity index (χ2v) is 6.85. The van der Waals surface area contributed by atoms with Gasteiger partial charge in [-0.15, -0.1) is 11.8 Å². The molecule has 0 saturated carbocycles. The molecular weight excluding hydrogens is 378 g/mol. The minimum absolute atomic E-state index is 0.123. The van der Waals surface area contributed by atoms with Gasteiger partial charge in [-0.05, 0) is 43.7 Å². The number of thioether (sulfide) groups is 1. The number of aromatic nitrogens is 1. The molecule has 0 aliphatic heterocycles. The van der Waals surface area contributed by atoms with Crippen molar-refractivity contribution in [2.75, 3.05) is 12.9 Å². The van der Waals surface area contributed by atoms with Crippen LogP contribution in [0.1, 0.15) is 32.1 Å². The molecule has 0 spiro atoms. The Balaban J connectivity index is 1.91. The third kappa shape index (κ3) is 4.80. The summed E-state index contributed by atoms with van der Waals surface area (Å²) < 4.78 is 4.70. The molecular formula is C17H18ClN3O4S. The van der Waals surface area contributed by atoms with Crippen LogP contribution in [0.3, 0.4) is 0 Å². The van der Waals surface area contributed by atoms with Crippen molar-refractivity contribution in [2.24, 2.45) is 0 Å². The maximum Gasteiger partial charge on any atom is 0.339 e. The predicted molar refractivity (Wildman–Crippen MR) is 99.4 cm³/mol. The number of hydrogen-bond acceptors (Lipinski definition) is 5. The van der Waals surface area contributed by atoms with E-state index in [-0.39, 0.29) is 17.4 Å². The average molecular weight is 396 g/mol. The minimum Gasteiger partial charge on any atom is -0.465 e. The molecule has 2 aromatic rings. The number of rotatable bonds is 5.